The molecule has 2 N–H and O–H groups in total. The van der Waals surface area contributed by atoms with Crippen LogP contribution in [0.15, 0.2) is 5.57 Å². The number of rotatable bonds is 1. The third-order valence-corrected chi connectivity index (χ3v) is 3.14. The number of fused-ring (bicyclic) bond motifs is 1. The number of aromatic amines is 1. The molecule has 2 rings (SSSR count). The fraction of sp³-hybridized carbons (Fsp3) is 0.500. The molecule has 1 aromatic rings. The van der Waals surface area contributed by atoms with Gasteiger partial charge in [-0.1, -0.05) is 6.92 Å². The van der Waals surface area contributed by atoms with Crippen molar-refractivity contribution in [3.05, 3.63) is 28.1 Å². The van der Waals surface area contributed by atoms with Gasteiger partial charge in [-0.25, -0.2) is 0 Å². The Bertz CT molecular complexity index is 399. The molecule has 76 valence electrons. The van der Waals surface area contributed by atoms with E-state index in [0.29, 0.717) is 5.76 Å². The van der Waals surface area contributed by atoms with Gasteiger partial charge < -0.3 is 10.1 Å². The van der Waals surface area contributed by atoms with Crippen LogP contribution >= 0.6 is 0 Å². The number of nitrogens with one attached hydrogen (secondary N) is 1. The van der Waals surface area contributed by atoms with Crippen LogP contribution in [0.4, 0.5) is 0 Å². The normalized spacial score (nSPS) is 15.9. The maximum atomic E-state index is 10.0. The van der Waals surface area contributed by atoms with Gasteiger partial charge in [-0.15, -0.1) is 0 Å². The fourth-order valence-electron chi connectivity index (χ4n) is 2.29. The zero-order valence-corrected chi connectivity index (χ0v) is 9.07. The third kappa shape index (κ3) is 1.17. The number of aliphatic hydroxyl groups excluding tert-OH is 1. The summed E-state index contributed by atoms with van der Waals surface area (Å²) in [6.07, 6.45) is 2.99. The second kappa shape index (κ2) is 3.19. The Morgan fingerprint density at radius 1 is 1.29 bits per heavy atom. The van der Waals surface area contributed by atoms with E-state index < -0.39 is 0 Å². The molecule has 1 aliphatic rings. The Morgan fingerprint density at radius 2 is 2.00 bits per heavy atom. The Balaban J connectivity index is 2.64. The van der Waals surface area contributed by atoms with Crippen LogP contribution in [0.2, 0.25) is 0 Å². The van der Waals surface area contributed by atoms with E-state index in [-0.39, 0.29) is 0 Å². The standard InChI is InChI=1S/C12H17NO/c1-4-9-8(3)13-10-6-5-7(2)12(14)11(9)10/h13-14H,4-6H2,1-3H3. The number of allylic oxidation sites excluding steroid dienone is 1. The summed E-state index contributed by atoms with van der Waals surface area (Å²) in [7, 11) is 0. The average molecular weight is 191 g/mol. The molecule has 0 fully saturated rings. The average Bonchev–Trinajstić information content (AvgIpc) is 2.48. The third-order valence-electron chi connectivity index (χ3n) is 3.14. The Kier molecular flexibility index (Phi) is 2.14. The van der Waals surface area contributed by atoms with Crippen LogP contribution in [0.1, 0.15) is 42.8 Å². The lowest BCUT2D eigenvalue weighted by Gasteiger charge is -2.14. The minimum absolute atomic E-state index is 0.507. The van der Waals surface area contributed by atoms with Crippen LogP contribution in [0.3, 0.4) is 0 Å². The van der Waals surface area contributed by atoms with Gasteiger partial charge in [-0.05, 0) is 44.2 Å². The number of aromatic nitrogens is 1. The molecule has 1 heterocycles. The second-order valence-corrected chi connectivity index (χ2v) is 4.06. The van der Waals surface area contributed by atoms with Gasteiger partial charge in [0.25, 0.3) is 0 Å². The molecule has 1 aromatic heterocycles. The lowest BCUT2D eigenvalue weighted by Crippen LogP contribution is -2.03. The van der Waals surface area contributed by atoms with Crippen LogP contribution in [0, 0.1) is 6.92 Å². The largest absolute Gasteiger partial charge is 0.507 e. The first-order valence-electron chi connectivity index (χ1n) is 5.24. The van der Waals surface area contributed by atoms with Crippen molar-refractivity contribution in [2.45, 2.75) is 40.0 Å². The van der Waals surface area contributed by atoms with Crippen molar-refractivity contribution in [3.8, 4) is 0 Å². The summed E-state index contributed by atoms with van der Waals surface area (Å²) >= 11 is 0. The van der Waals surface area contributed by atoms with Crippen LogP contribution in [-0.2, 0) is 12.8 Å². The summed E-state index contributed by atoms with van der Waals surface area (Å²) in [6.45, 7) is 6.23. The van der Waals surface area contributed by atoms with Gasteiger partial charge in [-0.3, -0.25) is 0 Å². The van der Waals surface area contributed by atoms with E-state index in [4.69, 9.17) is 0 Å². The molecule has 0 saturated carbocycles. The first kappa shape index (κ1) is 9.38. The molecule has 0 radical (unpaired) electrons. The zero-order valence-electron chi connectivity index (χ0n) is 9.07. The van der Waals surface area contributed by atoms with Crippen LogP contribution < -0.4 is 0 Å². The molecule has 0 aromatic carbocycles. The monoisotopic (exact) mass is 191 g/mol. The Hall–Kier alpha value is -1.18. The molecule has 0 spiro atoms. The SMILES string of the molecule is CCc1c(C)[nH]c2c1C(O)=C(C)CC2. The quantitative estimate of drug-likeness (QED) is 0.703. The molecule has 0 aliphatic heterocycles. The van der Waals surface area contributed by atoms with Crippen LogP contribution in [0.5, 0.6) is 0 Å². The van der Waals surface area contributed by atoms with Crippen LogP contribution in [-0.4, -0.2) is 10.1 Å². The highest BCUT2D eigenvalue weighted by molar-refractivity contribution is 5.69. The molecule has 0 atom stereocenters. The van der Waals surface area contributed by atoms with E-state index in [1.165, 1.54) is 17.0 Å². The highest BCUT2D eigenvalue weighted by Crippen LogP contribution is 2.33. The highest BCUT2D eigenvalue weighted by atomic mass is 16.3. The summed E-state index contributed by atoms with van der Waals surface area (Å²) in [5.41, 5.74) is 5.89. The molecule has 0 bridgehead atoms. The summed E-state index contributed by atoms with van der Waals surface area (Å²) < 4.78 is 0. The van der Waals surface area contributed by atoms with Crippen LogP contribution in [0.25, 0.3) is 5.76 Å². The minimum atomic E-state index is 0.507. The van der Waals surface area contributed by atoms with E-state index in [1.54, 1.807) is 0 Å². The molecule has 2 heteroatoms. The van der Waals surface area contributed by atoms with E-state index in [0.717, 1.165) is 30.4 Å². The molecular weight excluding hydrogens is 174 g/mol. The van der Waals surface area contributed by atoms with Crippen molar-refractivity contribution in [2.24, 2.45) is 0 Å². The van der Waals surface area contributed by atoms with Crippen molar-refractivity contribution in [3.63, 3.8) is 0 Å². The fourth-order valence-corrected chi connectivity index (χ4v) is 2.29. The van der Waals surface area contributed by atoms with Gasteiger partial charge in [0.15, 0.2) is 0 Å². The van der Waals surface area contributed by atoms with Gasteiger partial charge >= 0.3 is 0 Å². The van der Waals surface area contributed by atoms with Crippen molar-refractivity contribution in [1.82, 2.24) is 4.98 Å². The number of H-pyrrole nitrogens is 1. The molecule has 1 aliphatic carbocycles. The molecule has 0 unspecified atom stereocenters. The zero-order chi connectivity index (χ0) is 10.3. The molecule has 0 saturated heterocycles. The lowest BCUT2D eigenvalue weighted by atomic mass is 9.93. The second-order valence-electron chi connectivity index (χ2n) is 4.06. The van der Waals surface area contributed by atoms with E-state index in [2.05, 4.69) is 18.8 Å². The Morgan fingerprint density at radius 3 is 2.64 bits per heavy atom. The summed E-state index contributed by atoms with van der Waals surface area (Å²) in [6, 6.07) is 0. The predicted octanol–water partition coefficient (Wildman–Crippen LogP) is 3.12. The first-order valence-corrected chi connectivity index (χ1v) is 5.24. The number of aliphatic hydroxyl groups is 1. The summed E-state index contributed by atoms with van der Waals surface area (Å²) in [5.74, 6) is 0.507. The molecule has 0 amide bonds. The van der Waals surface area contributed by atoms with E-state index >= 15 is 0 Å². The smallest absolute Gasteiger partial charge is 0.123 e. The number of hydrogen-bond acceptors (Lipinski definition) is 1. The lowest BCUT2D eigenvalue weighted by molar-refractivity contribution is 0.497. The van der Waals surface area contributed by atoms with Gasteiger partial charge in [-0.2, -0.15) is 0 Å². The van der Waals surface area contributed by atoms with Crippen molar-refractivity contribution < 1.29 is 5.11 Å². The highest BCUT2D eigenvalue weighted by Gasteiger charge is 2.22. The van der Waals surface area contributed by atoms with Gasteiger partial charge in [0, 0.05) is 17.0 Å². The topological polar surface area (TPSA) is 36.0 Å². The van der Waals surface area contributed by atoms with Gasteiger partial charge in [0.1, 0.15) is 5.76 Å². The van der Waals surface area contributed by atoms with Crippen molar-refractivity contribution in [1.29, 1.82) is 0 Å². The summed E-state index contributed by atoms with van der Waals surface area (Å²) in [4.78, 5) is 3.37. The van der Waals surface area contributed by atoms with Crippen molar-refractivity contribution in [2.75, 3.05) is 0 Å². The maximum absolute atomic E-state index is 10.0. The summed E-state index contributed by atoms with van der Waals surface area (Å²) in [5, 5.41) is 10.0. The Labute approximate surface area is 84.7 Å². The molecule has 2 nitrogen and oxygen atoms in total. The van der Waals surface area contributed by atoms with Crippen molar-refractivity contribution >= 4 is 5.76 Å². The molecule has 14 heavy (non-hydrogen) atoms. The number of aryl methyl sites for hydroxylation is 2. The first-order chi connectivity index (χ1) is 6.65. The maximum Gasteiger partial charge on any atom is 0.123 e. The minimum Gasteiger partial charge on any atom is -0.507 e. The van der Waals surface area contributed by atoms with Gasteiger partial charge in [0.2, 0.25) is 0 Å². The molecular formula is C12H17NO. The van der Waals surface area contributed by atoms with Gasteiger partial charge in [0.05, 0.1) is 0 Å². The predicted molar refractivity (Wildman–Crippen MR) is 58.5 cm³/mol. The van der Waals surface area contributed by atoms with E-state index in [1.807, 2.05) is 6.92 Å². The van der Waals surface area contributed by atoms with E-state index in [9.17, 15) is 5.11 Å². The number of hydrogen-bond donors (Lipinski definition) is 2.